The molecule has 0 aliphatic carbocycles. The molecule has 1 unspecified atom stereocenters. The Labute approximate surface area is 87.3 Å². The highest BCUT2D eigenvalue weighted by atomic mass is 16.5. The third-order valence-electron chi connectivity index (χ3n) is 2.78. The molecule has 0 saturated heterocycles. The molecule has 0 bridgehead atoms. The Morgan fingerprint density at radius 1 is 1.33 bits per heavy atom. The highest BCUT2D eigenvalue weighted by Crippen LogP contribution is 2.26. The second kappa shape index (κ2) is 3.47. The van der Waals surface area contributed by atoms with Gasteiger partial charge in [-0.15, -0.1) is 5.10 Å². The lowest BCUT2D eigenvalue weighted by Crippen LogP contribution is -2.30. The van der Waals surface area contributed by atoms with Crippen LogP contribution in [0.5, 0.6) is 0 Å². The fraction of sp³-hybridized carbons (Fsp3) is 0.273. The minimum absolute atomic E-state index is 0.126. The molecule has 0 saturated carbocycles. The van der Waals surface area contributed by atoms with Crippen LogP contribution in [0.4, 0.5) is 0 Å². The van der Waals surface area contributed by atoms with Gasteiger partial charge in [0.15, 0.2) is 0 Å². The number of nitrogens with one attached hydrogen (secondary N) is 1. The Morgan fingerprint density at radius 3 is 3.13 bits per heavy atom. The Bertz CT molecular complexity index is 453. The Kier molecular flexibility index (Phi) is 1.99. The van der Waals surface area contributed by atoms with Gasteiger partial charge in [-0.3, -0.25) is 0 Å². The molecule has 4 heteroatoms. The van der Waals surface area contributed by atoms with E-state index in [1.165, 1.54) is 11.1 Å². The van der Waals surface area contributed by atoms with Crippen LogP contribution in [0.25, 0.3) is 0 Å². The summed E-state index contributed by atoms with van der Waals surface area (Å²) >= 11 is 0. The van der Waals surface area contributed by atoms with Crippen LogP contribution < -0.4 is 5.32 Å². The monoisotopic (exact) mass is 201 g/mol. The van der Waals surface area contributed by atoms with E-state index in [2.05, 4.69) is 33.9 Å². The lowest BCUT2D eigenvalue weighted by atomic mass is 9.93. The van der Waals surface area contributed by atoms with Crippen molar-refractivity contribution in [3.8, 4) is 0 Å². The minimum Gasteiger partial charge on any atom is -0.345 e. The number of benzene rings is 1. The highest BCUT2D eigenvalue weighted by Gasteiger charge is 2.22. The molecule has 0 radical (unpaired) electrons. The molecule has 15 heavy (non-hydrogen) atoms. The molecular weight excluding hydrogens is 190 g/mol. The van der Waals surface area contributed by atoms with E-state index < -0.39 is 0 Å². The highest BCUT2D eigenvalue weighted by molar-refractivity contribution is 5.36. The van der Waals surface area contributed by atoms with Crippen LogP contribution in [0, 0.1) is 0 Å². The summed E-state index contributed by atoms with van der Waals surface area (Å²) in [6, 6.07) is 8.53. The molecule has 3 rings (SSSR count). The molecule has 0 spiro atoms. The van der Waals surface area contributed by atoms with Crippen molar-refractivity contribution in [1.82, 2.24) is 15.7 Å². The maximum absolute atomic E-state index is 4.78. The lowest BCUT2D eigenvalue weighted by Gasteiger charge is -2.24. The summed E-state index contributed by atoms with van der Waals surface area (Å²) < 4.78 is 4.78. The van der Waals surface area contributed by atoms with Gasteiger partial charge in [0.2, 0.25) is 0 Å². The average Bonchev–Trinajstić information content (AvgIpc) is 2.82. The van der Waals surface area contributed by atoms with Gasteiger partial charge in [-0.1, -0.05) is 24.3 Å². The second-order valence-corrected chi connectivity index (χ2v) is 3.67. The van der Waals surface area contributed by atoms with Crippen molar-refractivity contribution in [1.29, 1.82) is 0 Å². The predicted molar refractivity (Wildman–Crippen MR) is 54.3 cm³/mol. The zero-order chi connectivity index (χ0) is 10.1. The van der Waals surface area contributed by atoms with Gasteiger partial charge in [0.05, 0.1) is 6.04 Å². The predicted octanol–water partition coefficient (Wildman–Crippen LogP) is 1.30. The zero-order valence-corrected chi connectivity index (χ0v) is 8.18. The molecule has 1 aromatic heterocycles. The van der Waals surface area contributed by atoms with E-state index in [-0.39, 0.29) is 6.04 Å². The summed E-state index contributed by atoms with van der Waals surface area (Å²) in [5.41, 5.74) is 3.51. The number of hydrogen-bond acceptors (Lipinski definition) is 4. The molecule has 1 aliphatic rings. The number of fused-ring (bicyclic) bond motifs is 1. The molecule has 1 atom stereocenters. The first-order chi connectivity index (χ1) is 7.45. The van der Waals surface area contributed by atoms with Gasteiger partial charge < -0.3 is 9.84 Å². The molecule has 0 fully saturated rings. The van der Waals surface area contributed by atoms with Gasteiger partial charge >= 0.3 is 0 Å². The van der Waals surface area contributed by atoms with E-state index in [0.717, 1.165) is 18.7 Å². The Hall–Kier alpha value is -1.68. The van der Waals surface area contributed by atoms with E-state index in [1.54, 1.807) is 6.26 Å². The van der Waals surface area contributed by atoms with E-state index >= 15 is 0 Å². The van der Waals surface area contributed by atoms with Crippen molar-refractivity contribution in [2.75, 3.05) is 6.54 Å². The minimum atomic E-state index is 0.126. The molecule has 2 heterocycles. The normalized spacial score (nSPS) is 19.9. The first kappa shape index (κ1) is 8.61. The zero-order valence-electron chi connectivity index (χ0n) is 8.18. The van der Waals surface area contributed by atoms with Crippen molar-refractivity contribution in [3.05, 3.63) is 47.3 Å². The third kappa shape index (κ3) is 1.43. The molecule has 1 aromatic carbocycles. The Balaban J connectivity index is 2.06. The molecule has 1 aliphatic heterocycles. The SMILES string of the molecule is c1ccc2c(c1)CCNC2c1conn1. The number of aromatic nitrogens is 2. The van der Waals surface area contributed by atoms with Crippen molar-refractivity contribution >= 4 is 0 Å². The number of hydrogen-bond donors (Lipinski definition) is 1. The molecule has 2 aromatic rings. The second-order valence-electron chi connectivity index (χ2n) is 3.67. The smallest absolute Gasteiger partial charge is 0.149 e. The van der Waals surface area contributed by atoms with E-state index in [1.807, 2.05) is 6.07 Å². The lowest BCUT2D eigenvalue weighted by molar-refractivity contribution is 0.392. The first-order valence-electron chi connectivity index (χ1n) is 5.03. The third-order valence-corrected chi connectivity index (χ3v) is 2.78. The fourth-order valence-electron chi connectivity index (χ4n) is 2.07. The summed E-state index contributed by atoms with van der Waals surface area (Å²) in [5.74, 6) is 0. The summed E-state index contributed by atoms with van der Waals surface area (Å²) in [6.45, 7) is 0.967. The van der Waals surface area contributed by atoms with Crippen LogP contribution in [0.15, 0.2) is 35.1 Å². The van der Waals surface area contributed by atoms with Crippen LogP contribution in [0.2, 0.25) is 0 Å². The maximum atomic E-state index is 4.78. The van der Waals surface area contributed by atoms with Gasteiger partial charge in [-0.05, 0) is 17.5 Å². The van der Waals surface area contributed by atoms with Crippen LogP contribution in [0.3, 0.4) is 0 Å². The van der Waals surface area contributed by atoms with Gasteiger partial charge in [0.1, 0.15) is 12.0 Å². The first-order valence-corrected chi connectivity index (χ1v) is 5.03. The Morgan fingerprint density at radius 2 is 2.27 bits per heavy atom. The van der Waals surface area contributed by atoms with Crippen molar-refractivity contribution in [3.63, 3.8) is 0 Å². The van der Waals surface area contributed by atoms with Crippen molar-refractivity contribution in [2.24, 2.45) is 0 Å². The summed E-state index contributed by atoms with van der Waals surface area (Å²) in [6.07, 6.45) is 2.66. The molecule has 4 nitrogen and oxygen atoms in total. The summed E-state index contributed by atoms with van der Waals surface area (Å²) in [7, 11) is 0. The molecule has 76 valence electrons. The van der Waals surface area contributed by atoms with Crippen LogP contribution in [0.1, 0.15) is 22.9 Å². The summed E-state index contributed by atoms with van der Waals surface area (Å²) in [5, 5.41) is 10.9. The van der Waals surface area contributed by atoms with Crippen LogP contribution >= 0.6 is 0 Å². The van der Waals surface area contributed by atoms with E-state index in [9.17, 15) is 0 Å². The number of nitrogens with zero attached hydrogens (tertiary/aromatic N) is 2. The van der Waals surface area contributed by atoms with E-state index in [4.69, 9.17) is 4.52 Å². The molecule has 1 N–H and O–H groups in total. The largest absolute Gasteiger partial charge is 0.345 e. The van der Waals surface area contributed by atoms with Crippen LogP contribution in [-0.4, -0.2) is 16.9 Å². The quantitative estimate of drug-likeness (QED) is 0.755. The number of rotatable bonds is 1. The molecular formula is C11H11N3O. The van der Waals surface area contributed by atoms with Gasteiger partial charge in [-0.2, -0.15) is 0 Å². The topological polar surface area (TPSA) is 51.0 Å². The average molecular weight is 201 g/mol. The van der Waals surface area contributed by atoms with Gasteiger partial charge in [0, 0.05) is 11.8 Å². The van der Waals surface area contributed by atoms with Crippen molar-refractivity contribution in [2.45, 2.75) is 12.5 Å². The fourth-order valence-corrected chi connectivity index (χ4v) is 2.07. The van der Waals surface area contributed by atoms with E-state index in [0.29, 0.717) is 0 Å². The van der Waals surface area contributed by atoms with Gasteiger partial charge in [0.25, 0.3) is 0 Å². The molecule has 0 amide bonds. The summed E-state index contributed by atoms with van der Waals surface area (Å²) in [4.78, 5) is 0. The maximum Gasteiger partial charge on any atom is 0.149 e. The van der Waals surface area contributed by atoms with Gasteiger partial charge in [-0.25, -0.2) is 0 Å². The standard InChI is InChI=1S/C11H11N3O/c1-2-4-9-8(3-1)5-6-12-11(9)10-7-15-14-13-10/h1-4,7,11-12H,5-6H2. The van der Waals surface area contributed by atoms with Crippen molar-refractivity contribution < 1.29 is 4.52 Å². The van der Waals surface area contributed by atoms with Crippen LogP contribution in [-0.2, 0) is 6.42 Å².